The maximum Gasteiger partial charge on any atom is 0.128 e. The van der Waals surface area contributed by atoms with Gasteiger partial charge in [-0.25, -0.2) is 0 Å². The van der Waals surface area contributed by atoms with Crippen LogP contribution in [0.5, 0.6) is 5.75 Å². The predicted molar refractivity (Wildman–Crippen MR) is 100 cm³/mol. The summed E-state index contributed by atoms with van der Waals surface area (Å²) < 4.78 is 13.8. The van der Waals surface area contributed by atoms with E-state index in [2.05, 4.69) is 70.3 Å². The van der Waals surface area contributed by atoms with Crippen LogP contribution in [0.15, 0.2) is 60.8 Å². The SMILES string of the molecule is c1ccc(Cn2ccc3c(OCCN4CCOCC4)cccc32)cc1. The fourth-order valence-corrected chi connectivity index (χ4v) is 3.35. The third-order valence-electron chi connectivity index (χ3n) is 4.74. The summed E-state index contributed by atoms with van der Waals surface area (Å²) in [5.74, 6) is 0.970. The van der Waals surface area contributed by atoms with Gasteiger partial charge in [0.25, 0.3) is 0 Å². The van der Waals surface area contributed by atoms with Crippen LogP contribution in [0.2, 0.25) is 0 Å². The molecule has 2 aromatic carbocycles. The lowest BCUT2D eigenvalue weighted by Gasteiger charge is -2.26. The third kappa shape index (κ3) is 3.86. The van der Waals surface area contributed by atoms with E-state index >= 15 is 0 Å². The number of nitrogens with zero attached hydrogens (tertiary/aromatic N) is 2. The van der Waals surface area contributed by atoms with E-state index < -0.39 is 0 Å². The molecule has 0 unspecified atom stereocenters. The third-order valence-corrected chi connectivity index (χ3v) is 4.74. The van der Waals surface area contributed by atoms with Crippen molar-refractivity contribution >= 4 is 10.9 Å². The molecule has 0 saturated carbocycles. The first kappa shape index (κ1) is 16.2. The van der Waals surface area contributed by atoms with Crippen LogP contribution in [0.25, 0.3) is 10.9 Å². The van der Waals surface area contributed by atoms with Gasteiger partial charge in [0.1, 0.15) is 12.4 Å². The van der Waals surface area contributed by atoms with E-state index in [9.17, 15) is 0 Å². The number of hydrogen-bond acceptors (Lipinski definition) is 3. The molecule has 1 aliphatic rings. The van der Waals surface area contributed by atoms with Gasteiger partial charge < -0.3 is 14.0 Å². The molecule has 4 nitrogen and oxygen atoms in total. The first-order valence-electron chi connectivity index (χ1n) is 8.95. The van der Waals surface area contributed by atoms with Crippen LogP contribution < -0.4 is 4.74 Å². The summed E-state index contributed by atoms with van der Waals surface area (Å²) in [7, 11) is 0. The van der Waals surface area contributed by atoms with Gasteiger partial charge >= 0.3 is 0 Å². The molecule has 1 fully saturated rings. The molecule has 1 aromatic heterocycles. The van der Waals surface area contributed by atoms with E-state index in [4.69, 9.17) is 9.47 Å². The summed E-state index contributed by atoms with van der Waals surface area (Å²) in [5, 5.41) is 1.18. The molecule has 0 bridgehead atoms. The molecular weight excluding hydrogens is 312 g/mol. The Hall–Kier alpha value is -2.30. The van der Waals surface area contributed by atoms with Gasteiger partial charge in [-0.3, -0.25) is 4.90 Å². The Morgan fingerprint density at radius 1 is 0.920 bits per heavy atom. The normalized spacial score (nSPS) is 15.5. The maximum absolute atomic E-state index is 6.09. The Labute approximate surface area is 148 Å². The highest BCUT2D eigenvalue weighted by molar-refractivity contribution is 5.86. The highest BCUT2D eigenvalue weighted by Gasteiger charge is 2.11. The number of morpholine rings is 1. The zero-order chi connectivity index (χ0) is 16.9. The fourth-order valence-electron chi connectivity index (χ4n) is 3.35. The first-order chi connectivity index (χ1) is 12.4. The minimum absolute atomic E-state index is 0.711. The van der Waals surface area contributed by atoms with Gasteiger partial charge in [-0.15, -0.1) is 0 Å². The molecule has 1 saturated heterocycles. The van der Waals surface area contributed by atoms with Crippen LogP contribution in [-0.4, -0.2) is 48.9 Å². The van der Waals surface area contributed by atoms with Gasteiger partial charge in [0, 0.05) is 37.8 Å². The summed E-state index contributed by atoms with van der Waals surface area (Å²) in [4.78, 5) is 2.39. The van der Waals surface area contributed by atoms with Crippen LogP contribution in [0.4, 0.5) is 0 Å². The monoisotopic (exact) mass is 336 g/mol. The summed E-state index contributed by atoms with van der Waals surface area (Å²) in [5.41, 5.74) is 2.52. The molecule has 0 N–H and O–H groups in total. The minimum Gasteiger partial charge on any atom is -0.492 e. The van der Waals surface area contributed by atoms with Crippen LogP contribution in [0.3, 0.4) is 0 Å². The molecule has 4 heteroatoms. The highest BCUT2D eigenvalue weighted by atomic mass is 16.5. The summed E-state index contributed by atoms with van der Waals surface area (Å²) in [6, 6.07) is 19.0. The van der Waals surface area contributed by atoms with E-state index in [1.54, 1.807) is 0 Å². The van der Waals surface area contributed by atoms with Crippen molar-refractivity contribution in [3.63, 3.8) is 0 Å². The van der Waals surface area contributed by atoms with Crippen molar-refractivity contribution in [3.8, 4) is 5.75 Å². The second-order valence-electron chi connectivity index (χ2n) is 6.42. The number of fused-ring (bicyclic) bond motifs is 1. The van der Waals surface area contributed by atoms with Gasteiger partial charge in [0.2, 0.25) is 0 Å². The molecule has 1 aliphatic heterocycles. The van der Waals surface area contributed by atoms with Crippen molar-refractivity contribution in [2.75, 3.05) is 39.5 Å². The average molecular weight is 336 g/mol. The Bertz CT molecular complexity index is 807. The lowest BCUT2D eigenvalue weighted by Crippen LogP contribution is -2.38. The predicted octanol–water partition coefficient (Wildman–Crippen LogP) is 3.40. The Kier molecular flexibility index (Phi) is 5.00. The van der Waals surface area contributed by atoms with Crippen molar-refractivity contribution in [2.24, 2.45) is 0 Å². The van der Waals surface area contributed by atoms with Crippen molar-refractivity contribution < 1.29 is 9.47 Å². The molecule has 3 aromatic rings. The van der Waals surface area contributed by atoms with Crippen molar-refractivity contribution in [1.29, 1.82) is 0 Å². The minimum atomic E-state index is 0.711. The van der Waals surface area contributed by atoms with Gasteiger partial charge in [-0.1, -0.05) is 36.4 Å². The lowest BCUT2D eigenvalue weighted by molar-refractivity contribution is 0.0323. The zero-order valence-electron chi connectivity index (χ0n) is 14.4. The number of hydrogen-bond donors (Lipinski definition) is 0. The maximum atomic E-state index is 6.09. The van der Waals surface area contributed by atoms with Gasteiger partial charge in [0.05, 0.1) is 18.7 Å². The smallest absolute Gasteiger partial charge is 0.128 e. The van der Waals surface area contributed by atoms with E-state index in [1.807, 2.05) is 0 Å². The van der Waals surface area contributed by atoms with Gasteiger partial charge in [0.15, 0.2) is 0 Å². The van der Waals surface area contributed by atoms with E-state index in [0.29, 0.717) is 6.61 Å². The fraction of sp³-hybridized carbons (Fsp3) is 0.333. The van der Waals surface area contributed by atoms with Crippen LogP contribution in [-0.2, 0) is 11.3 Å². The van der Waals surface area contributed by atoms with Gasteiger partial charge in [-0.2, -0.15) is 0 Å². The van der Waals surface area contributed by atoms with Crippen LogP contribution >= 0.6 is 0 Å². The largest absolute Gasteiger partial charge is 0.492 e. The quantitative estimate of drug-likeness (QED) is 0.690. The first-order valence-corrected chi connectivity index (χ1v) is 8.95. The summed E-state index contributed by atoms with van der Waals surface area (Å²) in [6.07, 6.45) is 2.15. The second-order valence-corrected chi connectivity index (χ2v) is 6.42. The Morgan fingerprint density at radius 2 is 1.76 bits per heavy atom. The molecule has 0 radical (unpaired) electrons. The van der Waals surface area contributed by atoms with E-state index in [1.165, 1.54) is 16.5 Å². The number of aromatic nitrogens is 1. The van der Waals surface area contributed by atoms with Crippen molar-refractivity contribution in [1.82, 2.24) is 9.47 Å². The molecule has 2 heterocycles. The molecule has 0 amide bonds. The average Bonchev–Trinajstić information content (AvgIpc) is 3.07. The standard InChI is InChI=1S/C21H24N2O2/c1-2-5-18(6-3-1)17-23-10-9-19-20(23)7-4-8-21(19)25-16-13-22-11-14-24-15-12-22/h1-10H,11-17H2. The van der Waals surface area contributed by atoms with Crippen molar-refractivity contribution in [2.45, 2.75) is 6.54 Å². The molecule has 130 valence electrons. The molecule has 25 heavy (non-hydrogen) atoms. The molecule has 0 atom stereocenters. The Balaban J connectivity index is 1.45. The van der Waals surface area contributed by atoms with Crippen LogP contribution in [0, 0.1) is 0 Å². The zero-order valence-corrected chi connectivity index (χ0v) is 14.4. The topological polar surface area (TPSA) is 26.6 Å². The molecular formula is C21H24N2O2. The number of rotatable bonds is 6. The number of ether oxygens (including phenoxy) is 2. The van der Waals surface area contributed by atoms with Crippen molar-refractivity contribution in [3.05, 3.63) is 66.4 Å². The highest BCUT2D eigenvalue weighted by Crippen LogP contribution is 2.27. The van der Waals surface area contributed by atoms with Crippen LogP contribution in [0.1, 0.15) is 5.56 Å². The molecule has 0 spiro atoms. The molecule has 0 aliphatic carbocycles. The Morgan fingerprint density at radius 3 is 2.60 bits per heavy atom. The lowest BCUT2D eigenvalue weighted by atomic mass is 10.2. The summed E-state index contributed by atoms with van der Waals surface area (Å²) in [6.45, 7) is 6.20. The van der Waals surface area contributed by atoms with E-state index in [-0.39, 0.29) is 0 Å². The number of benzene rings is 2. The summed E-state index contributed by atoms with van der Waals surface area (Å²) >= 11 is 0. The molecule has 4 rings (SSSR count). The second kappa shape index (κ2) is 7.72. The van der Waals surface area contributed by atoms with E-state index in [0.717, 1.165) is 45.1 Å². The van der Waals surface area contributed by atoms with Gasteiger partial charge in [-0.05, 0) is 23.8 Å².